The summed E-state index contributed by atoms with van der Waals surface area (Å²) in [6.45, 7) is 0. The highest BCUT2D eigenvalue weighted by Gasteiger charge is 2.10. The van der Waals surface area contributed by atoms with Crippen molar-refractivity contribution in [3.8, 4) is 11.5 Å². The third-order valence-electron chi connectivity index (χ3n) is 3.74. The molecule has 2 nitrogen and oxygen atoms in total. The molecular formula is C21H15NO. The van der Waals surface area contributed by atoms with Gasteiger partial charge < -0.3 is 4.42 Å². The van der Waals surface area contributed by atoms with Crippen LogP contribution in [0.2, 0.25) is 0 Å². The highest BCUT2D eigenvalue weighted by atomic mass is 16.3. The normalized spacial score (nSPS) is 11.3. The first kappa shape index (κ1) is 13.5. The Kier molecular flexibility index (Phi) is 3.49. The van der Waals surface area contributed by atoms with Crippen LogP contribution in [0.4, 0.5) is 0 Å². The maximum atomic E-state index is 5.90. The molecule has 0 radical (unpaired) electrons. The zero-order chi connectivity index (χ0) is 15.5. The van der Waals surface area contributed by atoms with E-state index in [4.69, 9.17) is 4.42 Å². The van der Waals surface area contributed by atoms with E-state index in [1.54, 1.807) is 0 Å². The van der Waals surface area contributed by atoms with E-state index in [0.717, 1.165) is 22.2 Å². The molecule has 0 aliphatic rings. The minimum atomic E-state index is 0.652. The molecule has 0 unspecified atom stereocenters. The van der Waals surface area contributed by atoms with E-state index in [2.05, 4.69) is 35.3 Å². The molecule has 0 aliphatic carbocycles. The van der Waals surface area contributed by atoms with Gasteiger partial charge in [-0.25, -0.2) is 4.98 Å². The molecule has 23 heavy (non-hydrogen) atoms. The summed E-state index contributed by atoms with van der Waals surface area (Å²) in [4.78, 5) is 4.60. The minimum Gasteiger partial charge on any atom is -0.436 e. The molecule has 0 atom stereocenters. The zero-order valence-corrected chi connectivity index (χ0v) is 12.5. The van der Waals surface area contributed by atoms with Crippen LogP contribution in [-0.4, -0.2) is 4.98 Å². The molecule has 4 rings (SSSR count). The van der Waals surface area contributed by atoms with Gasteiger partial charge in [-0.3, -0.25) is 0 Å². The third-order valence-corrected chi connectivity index (χ3v) is 3.74. The Bertz CT molecular complexity index is 934. The molecule has 0 spiro atoms. The molecule has 1 aromatic heterocycles. The van der Waals surface area contributed by atoms with Crippen molar-refractivity contribution in [3.05, 3.63) is 90.0 Å². The van der Waals surface area contributed by atoms with Crippen LogP contribution in [0.3, 0.4) is 0 Å². The summed E-state index contributed by atoms with van der Waals surface area (Å²) >= 11 is 0. The second kappa shape index (κ2) is 5.93. The average Bonchev–Trinajstić information content (AvgIpc) is 3.05. The molecule has 4 aromatic rings. The second-order valence-corrected chi connectivity index (χ2v) is 5.32. The van der Waals surface area contributed by atoms with E-state index in [-0.39, 0.29) is 0 Å². The van der Waals surface area contributed by atoms with Crippen LogP contribution in [0.1, 0.15) is 11.1 Å². The Morgan fingerprint density at radius 1 is 0.696 bits per heavy atom. The number of aromatic nitrogens is 1. The van der Waals surface area contributed by atoms with Crippen molar-refractivity contribution in [2.45, 2.75) is 0 Å². The molecule has 110 valence electrons. The van der Waals surface area contributed by atoms with E-state index in [0.29, 0.717) is 5.89 Å². The van der Waals surface area contributed by atoms with Crippen molar-refractivity contribution in [2.75, 3.05) is 0 Å². The van der Waals surface area contributed by atoms with Crippen molar-refractivity contribution in [2.24, 2.45) is 0 Å². The Morgan fingerprint density at radius 2 is 1.43 bits per heavy atom. The van der Waals surface area contributed by atoms with Gasteiger partial charge in [0.05, 0.1) is 0 Å². The van der Waals surface area contributed by atoms with Crippen molar-refractivity contribution < 1.29 is 4.42 Å². The van der Waals surface area contributed by atoms with E-state index >= 15 is 0 Å². The first-order valence-electron chi connectivity index (χ1n) is 7.58. The molecule has 0 N–H and O–H groups in total. The van der Waals surface area contributed by atoms with E-state index in [1.807, 2.05) is 60.7 Å². The summed E-state index contributed by atoms with van der Waals surface area (Å²) in [5, 5.41) is 0. The van der Waals surface area contributed by atoms with E-state index < -0.39 is 0 Å². The van der Waals surface area contributed by atoms with Crippen LogP contribution < -0.4 is 0 Å². The number of fused-ring (bicyclic) bond motifs is 1. The Labute approximate surface area is 134 Å². The van der Waals surface area contributed by atoms with Crippen LogP contribution in [0.25, 0.3) is 34.7 Å². The van der Waals surface area contributed by atoms with Crippen molar-refractivity contribution in [1.29, 1.82) is 0 Å². The average molecular weight is 297 g/mol. The lowest BCUT2D eigenvalue weighted by molar-refractivity contribution is 0.619. The van der Waals surface area contributed by atoms with Crippen LogP contribution >= 0.6 is 0 Å². The lowest BCUT2D eigenvalue weighted by Gasteiger charge is -2.01. The summed E-state index contributed by atoms with van der Waals surface area (Å²) in [5.74, 6) is 0.652. The van der Waals surface area contributed by atoms with Crippen LogP contribution in [0.15, 0.2) is 83.3 Å². The quantitative estimate of drug-likeness (QED) is 0.456. The molecule has 3 aromatic carbocycles. The summed E-state index contributed by atoms with van der Waals surface area (Å²) in [5.41, 5.74) is 4.94. The van der Waals surface area contributed by atoms with Crippen LogP contribution in [-0.2, 0) is 0 Å². The zero-order valence-electron chi connectivity index (χ0n) is 12.5. The Morgan fingerprint density at radius 3 is 2.30 bits per heavy atom. The number of nitrogens with zero attached hydrogens (tertiary/aromatic N) is 1. The van der Waals surface area contributed by atoms with Crippen LogP contribution in [0, 0.1) is 0 Å². The fraction of sp³-hybridized carbons (Fsp3) is 0. The number of hydrogen-bond donors (Lipinski definition) is 0. The summed E-state index contributed by atoms with van der Waals surface area (Å²) < 4.78 is 5.90. The van der Waals surface area contributed by atoms with E-state index in [1.165, 1.54) is 5.56 Å². The van der Waals surface area contributed by atoms with Crippen molar-refractivity contribution in [3.63, 3.8) is 0 Å². The molecule has 1 heterocycles. The molecular weight excluding hydrogens is 282 g/mol. The number of oxazole rings is 1. The highest BCUT2D eigenvalue weighted by Crippen LogP contribution is 2.28. The number of rotatable bonds is 3. The van der Waals surface area contributed by atoms with Gasteiger partial charge >= 0.3 is 0 Å². The minimum absolute atomic E-state index is 0.652. The molecule has 0 saturated heterocycles. The fourth-order valence-corrected chi connectivity index (χ4v) is 2.57. The van der Waals surface area contributed by atoms with Gasteiger partial charge in [-0.1, -0.05) is 72.8 Å². The van der Waals surface area contributed by atoms with Gasteiger partial charge in [0.25, 0.3) is 0 Å². The first-order valence-corrected chi connectivity index (χ1v) is 7.58. The standard InChI is InChI=1S/C21H15NO/c1-2-8-16(9-3-1)14-15-17-10-4-5-11-18(17)21-22-19-12-6-7-13-20(19)23-21/h1-15H/b15-14+. The van der Waals surface area contributed by atoms with Gasteiger partial charge in [0.1, 0.15) is 5.52 Å². The van der Waals surface area contributed by atoms with Gasteiger partial charge in [0.2, 0.25) is 5.89 Å². The number of hydrogen-bond acceptors (Lipinski definition) is 2. The molecule has 0 amide bonds. The number of benzene rings is 3. The first-order chi connectivity index (χ1) is 11.4. The monoisotopic (exact) mass is 297 g/mol. The fourth-order valence-electron chi connectivity index (χ4n) is 2.57. The van der Waals surface area contributed by atoms with Crippen LogP contribution in [0.5, 0.6) is 0 Å². The third kappa shape index (κ3) is 2.79. The van der Waals surface area contributed by atoms with Crippen molar-refractivity contribution in [1.82, 2.24) is 4.98 Å². The van der Waals surface area contributed by atoms with Crippen molar-refractivity contribution >= 4 is 23.3 Å². The van der Waals surface area contributed by atoms with Gasteiger partial charge in [-0.2, -0.15) is 0 Å². The van der Waals surface area contributed by atoms with Gasteiger partial charge in [0.15, 0.2) is 5.58 Å². The lowest BCUT2D eigenvalue weighted by atomic mass is 10.1. The second-order valence-electron chi connectivity index (χ2n) is 5.32. The van der Waals surface area contributed by atoms with Gasteiger partial charge in [-0.15, -0.1) is 0 Å². The van der Waals surface area contributed by atoms with E-state index in [9.17, 15) is 0 Å². The topological polar surface area (TPSA) is 26.0 Å². The summed E-state index contributed by atoms with van der Waals surface area (Å²) in [7, 11) is 0. The molecule has 2 heteroatoms. The SMILES string of the molecule is C(=C\c1ccccc1-c1nc2ccccc2o1)/c1ccccc1. The van der Waals surface area contributed by atoms with Gasteiger partial charge in [-0.05, 0) is 29.3 Å². The molecule has 0 bridgehead atoms. The Hall–Kier alpha value is -3.13. The Balaban J connectivity index is 1.76. The highest BCUT2D eigenvalue weighted by molar-refractivity contribution is 5.81. The predicted molar refractivity (Wildman–Crippen MR) is 94.8 cm³/mol. The maximum absolute atomic E-state index is 5.90. The maximum Gasteiger partial charge on any atom is 0.227 e. The largest absolute Gasteiger partial charge is 0.436 e. The summed E-state index contributed by atoms with van der Waals surface area (Å²) in [6, 6.07) is 26.2. The summed E-state index contributed by atoms with van der Waals surface area (Å²) in [6.07, 6.45) is 4.20. The van der Waals surface area contributed by atoms with Gasteiger partial charge in [0, 0.05) is 5.56 Å². The lowest BCUT2D eigenvalue weighted by Crippen LogP contribution is -1.82. The molecule has 0 aliphatic heterocycles. The molecule has 0 saturated carbocycles. The number of para-hydroxylation sites is 2. The smallest absolute Gasteiger partial charge is 0.227 e. The molecule has 0 fully saturated rings. The predicted octanol–water partition coefficient (Wildman–Crippen LogP) is 5.67.